The average Bonchev–Trinajstić information content (AvgIpc) is 2.95. The van der Waals surface area contributed by atoms with E-state index in [9.17, 15) is 31.1 Å². The third kappa shape index (κ3) is 6.75. The maximum absolute atomic E-state index is 13.7. The topological polar surface area (TPSA) is 133 Å². The second-order valence-corrected chi connectivity index (χ2v) is 14.2. The lowest BCUT2D eigenvalue weighted by molar-refractivity contribution is 0.0387. The number of nitrogens with one attached hydrogen (secondary N) is 1. The highest BCUT2D eigenvalue weighted by Crippen LogP contribution is 2.32. The standard InChI is InChI=1S/C29H34FN3O7S2/c1-19-5-10-24(11-6-19)41(36,37)31-23-9-14-27-26(15-23)29(35)33(21(3)18-34)16-20(2)28(40-27)17-32(4)42(38,39)25-12-7-22(30)8-13-25/h5-15,20-21,28,31,34H,16-18H2,1-4H3/t20-,21-,28-/m0/s1. The Bertz CT molecular complexity index is 1650. The van der Waals surface area contributed by atoms with Crippen LogP contribution in [0.15, 0.2) is 76.5 Å². The Morgan fingerprint density at radius 1 is 1.05 bits per heavy atom. The van der Waals surface area contributed by atoms with Gasteiger partial charge in [-0.25, -0.2) is 21.2 Å². The predicted octanol–water partition coefficient (Wildman–Crippen LogP) is 3.48. The number of nitrogens with zero attached hydrogens (tertiary/aromatic N) is 2. The Kier molecular flexibility index (Phi) is 9.26. The van der Waals surface area contributed by atoms with Gasteiger partial charge in [-0.15, -0.1) is 0 Å². The molecule has 3 aromatic carbocycles. The number of aryl methyl sites for hydroxylation is 1. The highest BCUT2D eigenvalue weighted by Gasteiger charge is 2.35. The Hall–Kier alpha value is -3.52. The van der Waals surface area contributed by atoms with Crippen molar-refractivity contribution < 1.29 is 35.9 Å². The van der Waals surface area contributed by atoms with Crippen molar-refractivity contribution in [3.8, 4) is 5.75 Å². The molecule has 1 aliphatic heterocycles. The van der Waals surface area contributed by atoms with Gasteiger partial charge in [0.1, 0.15) is 17.7 Å². The van der Waals surface area contributed by atoms with Crippen LogP contribution in [0, 0.1) is 18.7 Å². The molecule has 1 aliphatic rings. The van der Waals surface area contributed by atoms with Crippen LogP contribution in [0.4, 0.5) is 10.1 Å². The van der Waals surface area contributed by atoms with Crippen LogP contribution < -0.4 is 9.46 Å². The van der Waals surface area contributed by atoms with Crippen molar-refractivity contribution in [3.05, 3.63) is 83.7 Å². The number of halogens is 1. The van der Waals surface area contributed by atoms with Gasteiger partial charge in [0.25, 0.3) is 15.9 Å². The summed E-state index contributed by atoms with van der Waals surface area (Å²) in [6.07, 6.45) is -0.736. The normalized spacial score (nSPS) is 18.5. The van der Waals surface area contributed by atoms with E-state index in [0.29, 0.717) is 0 Å². The third-order valence-electron chi connectivity index (χ3n) is 7.21. The molecule has 0 spiro atoms. The summed E-state index contributed by atoms with van der Waals surface area (Å²) in [5.74, 6) is -1.27. The number of carbonyl (C=O) groups excluding carboxylic acids is 1. The SMILES string of the molecule is Cc1ccc(S(=O)(=O)Nc2ccc3c(c2)C(=O)N([C@@H](C)CO)C[C@H](C)[C@H](CN(C)S(=O)(=O)c2ccc(F)cc2)O3)cc1. The van der Waals surface area contributed by atoms with Crippen molar-refractivity contribution in [1.29, 1.82) is 0 Å². The van der Waals surface area contributed by atoms with Crippen LogP contribution in [0.3, 0.4) is 0 Å². The first-order chi connectivity index (χ1) is 19.7. The fourth-order valence-corrected chi connectivity index (χ4v) is 6.81. The Morgan fingerprint density at radius 2 is 1.67 bits per heavy atom. The second-order valence-electron chi connectivity index (χ2n) is 10.5. The number of likely N-dealkylation sites (N-methyl/N-ethyl adjacent to an activating group) is 1. The fraction of sp³-hybridized carbons (Fsp3) is 0.345. The van der Waals surface area contributed by atoms with E-state index in [4.69, 9.17) is 4.74 Å². The molecule has 0 fully saturated rings. The number of aliphatic hydroxyl groups excluding tert-OH is 1. The fourth-order valence-electron chi connectivity index (χ4n) is 4.57. The number of sulfonamides is 2. The molecule has 0 aliphatic carbocycles. The Morgan fingerprint density at radius 3 is 2.29 bits per heavy atom. The third-order valence-corrected chi connectivity index (χ3v) is 10.4. The van der Waals surface area contributed by atoms with Crippen LogP contribution in [-0.4, -0.2) is 75.9 Å². The van der Waals surface area contributed by atoms with Crippen molar-refractivity contribution in [3.63, 3.8) is 0 Å². The number of carbonyl (C=O) groups is 1. The van der Waals surface area contributed by atoms with E-state index in [2.05, 4.69) is 4.72 Å². The number of fused-ring (bicyclic) bond motifs is 1. The minimum atomic E-state index is -3.99. The number of benzene rings is 3. The summed E-state index contributed by atoms with van der Waals surface area (Å²) in [4.78, 5) is 15.1. The van der Waals surface area contributed by atoms with Crippen molar-refractivity contribution >= 4 is 31.6 Å². The van der Waals surface area contributed by atoms with Crippen LogP contribution in [0.1, 0.15) is 29.8 Å². The minimum Gasteiger partial charge on any atom is -0.488 e. The van der Waals surface area contributed by atoms with Gasteiger partial charge in [0.2, 0.25) is 10.0 Å². The van der Waals surface area contributed by atoms with Gasteiger partial charge in [-0.3, -0.25) is 9.52 Å². The number of hydrogen-bond acceptors (Lipinski definition) is 7. The molecule has 4 rings (SSSR count). The molecule has 3 atom stereocenters. The molecule has 42 heavy (non-hydrogen) atoms. The molecule has 226 valence electrons. The molecule has 13 heteroatoms. The number of aliphatic hydroxyl groups is 1. The van der Waals surface area contributed by atoms with Crippen LogP contribution in [0.5, 0.6) is 5.75 Å². The lowest BCUT2D eigenvalue weighted by Gasteiger charge is -2.38. The summed E-state index contributed by atoms with van der Waals surface area (Å²) in [5, 5.41) is 9.89. The zero-order valence-corrected chi connectivity index (χ0v) is 25.3. The van der Waals surface area contributed by atoms with Gasteiger partial charge in [0, 0.05) is 25.2 Å². The van der Waals surface area contributed by atoms with E-state index >= 15 is 0 Å². The molecule has 1 amide bonds. The molecule has 0 radical (unpaired) electrons. The number of anilines is 1. The van der Waals surface area contributed by atoms with E-state index in [1.165, 1.54) is 54.4 Å². The first-order valence-corrected chi connectivity index (χ1v) is 16.2. The second kappa shape index (κ2) is 12.4. The van der Waals surface area contributed by atoms with Crippen LogP contribution in [-0.2, 0) is 20.0 Å². The summed E-state index contributed by atoms with van der Waals surface area (Å²) in [7, 11) is -6.56. The lowest BCUT2D eigenvalue weighted by atomic mass is 9.99. The summed E-state index contributed by atoms with van der Waals surface area (Å²) >= 11 is 0. The van der Waals surface area contributed by atoms with Crippen molar-refractivity contribution in [2.45, 2.75) is 42.7 Å². The molecule has 10 nitrogen and oxygen atoms in total. The van der Waals surface area contributed by atoms with Gasteiger partial charge in [0.05, 0.1) is 34.5 Å². The predicted molar refractivity (Wildman–Crippen MR) is 156 cm³/mol. The van der Waals surface area contributed by atoms with E-state index < -0.39 is 43.9 Å². The van der Waals surface area contributed by atoms with Gasteiger partial charge in [-0.1, -0.05) is 24.6 Å². The highest BCUT2D eigenvalue weighted by atomic mass is 32.2. The molecule has 0 aromatic heterocycles. The number of hydrogen-bond donors (Lipinski definition) is 2. The van der Waals surface area contributed by atoms with Crippen LogP contribution >= 0.6 is 0 Å². The van der Waals surface area contributed by atoms with Gasteiger partial charge < -0.3 is 14.7 Å². The summed E-state index contributed by atoms with van der Waals surface area (Å²) in [5.41, 5.74) is 1.08. The monoisotopic (exact) mass is 619 g/mol. The largest absolute Gasteiger partial charge is 0.488 e. The maximum atomic E-state index is 13.7. The minimum absolute atomic E-state index is 0.0530. The van der Waals surface area contributed by atoms with Gasteiger partial charge in [-0.2, -0.15) is 4.31 Å². The molecule has 0 bridgehead atoms. The van der Waals surface area contributed by atoms with Crippen molar-refractivity contribution in [2.75, 3.05) is 31.5 Å². The zero-order chi connectivity index (χ0) is 30.8. The molecule has 2 N–H and O–H groups in total. The van der Waals surface area contributed by atoms with Crippen molar-refractivity contribution in [1.82, 2.24) is 9.21 Å². The average molecular weight is 620 g/mol. The van der Waals surface area contributed by atoms with E-state index in [-0.39, 0.29) is 52.4 Å². The van der Waals surface area contributed by atoms with Gasteiger partial charge in [-0.05, 0) is 68.4 Å². The molecule has 3 aromatic rings. The van der Waals surface area contributed by atoms with Crippen LogP contribution in [0.2, 0.25) is 0 Å². The van der Waals surface area contributed by atoms with Crippen molar-refractivity contribution in [2.24, 2.45) is 5.92 Å². The molecule has 0 saturated heterocycles. The lowest BCUT2D eigenvalue weighted by Crippen LogP contribution is -2.50. The smallest absolute Gasteiger partial charge is 0.261 e. The summed E-state index contributed by atoms with van der Waals surface area (Å²) in [6, 6.07) is 14.5. The zero-order valence-electron chi connectivity index (χ0n) is 23.7. The van der Waals surface area contributed by atoms with E-state index in [1.54, 1.807) is 19.1 Å². The summed E-state index contributed by atoms with van der Waals surface area (Å²) < 4.78 is 75.6. The van der Waals surface area contributed by atoms with E-state index in [1.807, 2.05) is 13.8 Å². The summed E-state index contributed by atoms with van der Waals surface area (Å²) in [6.45, 7) is 5.04. The van der Waals surface area contributed by atoms with Gasteiger partial charge in [0.15, 0.2) is 0 Å². The molecule has 0 saturated carbocycles. The Labute approximate surface area is 245 Å². The van der Waals surface area contributed by atoms with Gasteiger partial charge >= 0.3 is 0 Å². The first kappa shape index (κ1) is 31.4. The van der Waals surface area contributed by atoms with E-state index in [0.717, 1.165) is 22.0 Å². The highest BCUT2D eigenvalue weighted by molar-refractivity contribution is 7.92. The molecular formula is C29H34FN3O7S2. The number of rotatable bonds is 9. The maximum Gasteiger partial charge on any atom is 0.261 e. The first-order valence-electron chi connectivity index (χ1n) is 13.3. The number of ether oxygens (including phenoxy) is 1. The number of amides is 1. The molecule has 1 heterocycles. The Balaban J connectivity index is 1.68. The molecule has 0 unspecified atom stereocenters. The van der Waals surface area contributed by atoms with Crippen LogP contribution in [0.25, 0.3) is 0 Å². The quantitative estimate of drug-likeness (QED) is 0.375. The molecular weight excluding hydrogens is 585 g/mol.